The summed E-state index contributed by atoms with van der Waals surface area (Å²) >= 11 is 0. The van der Waals surface area contributed by atoms with Gasteiger partial charge in [0.1, 0.15) is 0 Å². The summed E-state index contributed by atoms with van der Waals surface area (Å²) in [5.74, 6) is 0. The molecule has 1 aliphatic heterocycles. The van der Waals surface area contributed by atoms with E-state index < -0.39 is 0 Å². The Morgan fingerprint density at radius 2 is 1.63 bits per heavy atom. The average Bonchev–Trinajstić information content (AvgIpc) is 3.05. The number of piperazine rings is 1. The highest BCUT2D eigenvalue weighted by atomic mass is 15.2. The van der Waals surface area contributed by atoms with Gasteiger partial charge in [-0.3, -0.25) is 0 Å². The van der Waals surface area contributed by atoms with Crippen molar-refractivity contribution in [1.29, 1.82) is 0 Å². The highest BCUT2D eigenvalue weighted by molar-refractivity contribution is 5.80. The lowest BCUT2D eigenvalue weighted by atomic mass is 9.82. The van der Waals surface area contributed by atoms with Gasteiger partial charge in [-0.15, -0.1) is 0 Å². The van der Waals surface area contributed by atoms with Gasteiger partial charge in [0.05, 0.1) is 23.4 Å². The fourth-order valence-corrected chi connectivity index (χ4v) is 4.19. The van der Waals surface area contributed by atoms with Gasteiger partial charge in [0.2, 0.25) is 0 Å². The molecule has 2 aromatic carbocycles. The molecule has 0 N–H and O–H groups in total. The van der Waals surface area contributed by atoms with Crippen LogP contribution < -0.4 is 4.90 Å². The number of hydrogen-bond donors (Lipinski definition) is 0. The van der Waals surface area contributed by atoms with Crippen LogP contribution in [-0.4, -0.2) is 47.7 Å². The van der Waals surface area contributed by atoms with E-state index in [9.17, 15) is 0 Å². The molecule has 0 radical (unpaired) electrons. The predicted octanol–water partition coefficient (Wildman–Crippen LogP) is 4.42. The minimum atomic E-state index is 0.0822. The van der Waals surface area contributed by atoms with E-state index >= 15 is 0 Å². The van der Waals surface area contributed by atoms with Crippen molar-refractivity contribution >= 4 is 16.7 Å². The van der Waals surface area contributed by atoms with Crippen LogP contribution in [0.2, 0.25) is 0 Å². The van der Waals surface area contributed by atoms with E-state index in [-0.39, 0.29) is 11.5 Å². The predicted molar refractivity (Wildman–Crippen MR) is 113 cm³/mol. The van der Waals surface area contributed by atoms with Gasteiger partial charge in [0, 0.05) is 31.9 Å². The Hall–Kier alpha value is -2.33. The molecule has 1 saturated heterocycles. The zero-order valence-electron chi connectivity index (χ0n) is 16.9. The molecular weight excluding hydrogens is 332 g/mol. The van der Waals surface area contributed by atoms with E-state index in [1.54, 1.807) is 0 Å². The highest BCUT2D eigenvalue weighted by Crippen LogP contribution is 2.38. The maximum absolute atomic E-state index is 4.71. The van der Waals surface area contributed by atoms with Crippen molar-refractivity contribution in [2.75, 3.05) is 38.1 Å². The Balaban J connectivity index is 1.77. The van der Waals surface area contributed by atoms with Crippen LogP contribution in [0.25, 0.3) is 11.0 Å². The molecule has 0 saturated carbocycles. The minimum absolute atomic E-state index is 0.0822. The van der Waals surface area contributed by atoms with Crippen molar-refractivity contribution in [2.24, 2.45) is 5.41 Å². The Morgan fingerprint density at radius 3 is 2.30 bits per heavy atom. The van der Waals surface area contributed by atoms with Crippen molar-refractivity contribution in [3.63, 3.8) is 0 Å². The third-order valence-electron chi connectivity index (χ3n) is 5.64. The van der Waals surface area contributed by atoms with Gasteiger partial charge in [0.15, 0.2) is 0 Å². The van der Waals surface area contributed by atoms with Crippen molar-refractivity contribution in [1.82, 2.24) is 14.5 Å². The number of benzene rings is 2. The molecule has 27 heavy (non-hydrogen) atoms. The third kappa shape index (κ3) is 3.59. The molecule has 0 aliphatic carbocycles. The van der Waals surface area contributed by atoms with Gasteiger partial charge in [-0.05, 0) is 36.2 Å². The lowest BCUT2D eigenvalue weighted by molar-refractivity contribution is 0.288. The second-order valence-electron chi connectivity index (χ2n) is 8.79. The van der Waals surface area contributed by atoms with Crippen LogP contribution in [0.3, 0.4) is 0 Å². The fraction of sp³-hybridized carbons (Fsp3) is 0.435. The monoisotopic (exact) mass is 362 g/mol. The normalized spacial score (nSPS) is 17.4. The smallest absolute Gasteiger partial charge is 0.0964 e. The Morgan fingerprint density at radius 1 is 0.926 bits per heavy atom. The molecule has 4 heteroatoms. The maximum Gasteiger partial charge on any atom is 0.0964 e. The Bertz CT molecular complexity index is 899. The topological polar surface area (TPSA) is 24.3 Å². The number of rotatable bonds is 3. The number of nitrogens with zero attached hydrogens (tertiary/aromatic N) is 4. The van der Waals surface area contributed by atoms with Crippen LogP contribution in [0.5, 0.6) is 0 Å². The molecule has 142 valence electrons. The maximum atomic E-state index is 4.71. The molecule has 0 spiro atoms. The lowest BCUT2D eigenvalue weighted by Crippen LogP contribution is -2.44. The number of hydrogen-bond acceptors (Lipinski definition) is 3. The number of aromatic nitrogens is 2. The van der Waals surface area contributed by atoms with Crippen molar-refractivity contribution in [2.45, 2.75) is 26.8 Å². The fourth-order valence-electron chi connectivity index (χ4n) is 4.19. The molecule has 4 nitrogen and oxygen atoms in total. The molecule has 1 aromatic heterocycles. The van der Waals surface area contributed by atoms with Gasteiger partial charge in [-0.2, -0.15) is 0 Å². The van der Waals surface area contributed by atoms with Crippen LogP contribution in [0.1, 0.15) is 32.4 Å². The summed E-state index contributed by atoms with van der Waals surface area (Å²) in [6.07, 6.45) is 2.02. The van der Waals surface area contributed by atoms with Gasteiger partial charge in [-0.25, -0.2) is 4.98 Å². The summed E-state index contributed by atoms with van der Waals surface area (Å²) < 4.78 is 2.37. The largest absolute Gasteiger partial charge is 0.369 e. The Labute approximate surface area is 162 Å². The molecule has 3 aromatic rings. The summed E-state index contributed by atoms with van der Waals surface area (Å²) in [5.41, 5.74) is 5.00. The van der Waals surface area contributed by atoms with Crippen molar-refractivity contribution < 1.29 is 0 Å². The summed E-state index contributed by atoms with van der Waals surface area (Å²) in [6.45, 7) is 11.3. The molecule has 2 heterocycles. The van der Waals surface area contributed by atoms with Crippen LogP contribution in [-0.2, 0) is 0 Å². The first kappa shape index (κ1) is 18.1. The van der Waals surface area contributed by atoms with Gasteiger partial charge in [-0.1, -0.05) is 51.1 Å². The molecule has 1 aliphatic rings. The summed E-state index contributed by atoms with van der Waals surface area (Å²) in [7, 11) is 2.20. The summed E-state index contributed by atoms with van der Waals surface area (Å²) in [5, 5.41) is 0. The van der Waals surface area contributed by atoms with Crippen molar-refractivity contribution in [3.8, 4) is 0 Å². The van der Waals surface area contributed by atoms with Crippen LogP contribution in [0.15, 0.2) is 54.9 Å². The quantitative estimate of drug-likeness (QED) is 0.689. The van der Waals surface area contributed by atoms with Gasteiger partial charge < -0.3 is 14.4 Å². The molecule has 1 fully saturated rings. The third-order valence-corrected chi connectivity index (χ3v) is 5.64. The number of imidazole rings is 1. The SMILES string of the molecule is CN1CCN(c2ccc3ncn(C(c4ccccc4)C(C)(C)C)c3c2)CC1. The van der Waals surface area contributed by atoms with Crippen LogP contribution >= 0.6 is 0 Å². The van der Waals surface area contributed by atoms with Gasteiger partial charge in [0.25, 0.3) is 0 Å². The first-order chi connectivity index (χ1) is 12.9. The summed E-state index contributed by atoms with van der Waals surface area (Å²) in [6, 6.07) is 17.8. The Kier molecular flexibility index (Phi) is 4.68. The first-order valence-corrected chi connectivity index (χ1v) is 9.88. The van der Waals surface area contributed by atoms with E-state index in [0.29, 0.717) is 0 Å². The molecule has 0 bridgehead atoms. The lowest BCUT2D eigenvalue weighted by Gasteiger charge is -2.35. The standard InChI is InChI=1S/C23H30N4/c1-23(2,3)22(18-8-6-5-7-9-18)27-17-24-20-11-10-19(16-21(20)27)26-14-12-25(4)13-15-26/h5-11,16-17,22H,12-15H2,1-4H3. The van der Waals surface area contributed by atoms with E-state index in [0.717, 1.165) is 31.7 Å². The highest BCUT2D eigenvalue weighted by Gasteiger charge is 2.29. The van der Waals surface area contributed by atoms with Crippen LogP contribution in [0.4, 0.5) is 5.69 Å². The number of likely N-dealkylation sites (N-methyl/N-ethyl adjacent to an activating group) is 1. The summed E-state index contributed by atoms with van der Waals surface area (Å²) in [4.78, 5) is 9.60. The second-order valence-corrected chi connectivity index (χ2v) is 8.79. The average molecular weight is 363 g/mol. The first-order valence-electron chi connectivity index (χ1n) is 9.88. The second kappa shape index (κ2) is 7.01. The number of anilines is 1. The zero-order chi connectivity index (χ0) is 19.0. The van der Waals surface area contributed by atoms with E-state index in [1.165, 1.54) is 16.8 Å². The molecule has 0 amide bonds. The molecular formula is C23H30N4. The van der Waals surface area contributed by atoms with E-state index in [2.05, 4.69) is 90.7 Å². The molecule has 4 rings (SSSR count). The van der Waals surface area contributed by atoms with Gasteiger partial charge >= 0.3 is 0 Å². The zero-order valence-corrected chi connectivity index (χ0v) is 16.9. The molecule has 1 atom stereocenters. The molecule has 1 unspecified atom stereocenters. The van der Waals surface area contributed by atoms with Crippen LogP contribution in [0, 0.1) is 5.41 Å². The van der Waals surface area contributed by atoms with E-state index in [1.807, 2.05) is 6.33 Å². The van der Waals surface area contributed by atoms with Crippen molar-refractivity contribution in [3.05, 3.63) is 60.4 Å². The minimum Gasteiger partial charge on any atom is -0.369 e. The van der Waals surface area contributed by atoms with E-state index in [4.69, 9.17) is 4.98 Å². The number of fused-ring (bicyclic) bond motifs is 1.